The van der Waals surface area contributed by atoms with Crippen molar-refractivity contribution >= 4 is 5.78 Å². The van der Waals surface area contributed by atoms with Gasteiger partial charge in [0.2, 0.25) is 0 Å². The van der Waals surface area contributed by atoms with Crippen LogP contribution in [0.3, 0.4) is 0 Å². The van der Waals surface area contributed by atoms with E-state index >= 15 is 0 Å². The first-order valence-corrected chi connectivity index (χ1v) is 6.58. The molecule has 1 heteroatoms. The summed E-state index contributed by atoms with van der Waals surface area (Å²) < 4.78 is 0. The first kappa shape index (κ1) is 11.2. The lowest BCUT2D eigenvalue weighted by Gasteiger charge is -2.27. The van der Waals surface area contributed by atoms with Crippen LogP contribution in [0.4, 0.5) is 0 Å². The van der Waals surface area contributed by atoms with Gasteiger partial charge in [-0.1, -0.05) is 40.0 Å². The van der Waals surface area contributed by atoms with Gasteiger partial charge in [0, 0.05) is 11.8 Å². The minimum absolute atomic E-state index is 0.330. The third kappa shape index (κ3) is 2.26. The number of hydrogen-bond acceptors (Lipinski definition) is 1. The van der Waals surface area contributed by atoms with E-state index in [1.165, 1.54) is 32.1 Å². The molecule has 2 fully saturated rings. The summed E-state index contributed by atoms with van der Waals surface area (Å²) in [6.07, 6.45) is 7.39. The molecule has 0 aliphatic heterocycles. The maximum Gasteiger partial charge on any atom is 0.139 e. The summed E-state index contributed by atoms with van der Waals surface area (Å²) in [7, 11) is 0. The van der Waals surface area contributed by atoms with Crippen molar-refractivity contribution in [2.45, 2.75) is 59.3 Å². The predicted molar refractivity (Wildman–Crippen MR) is 62.6 cm³/mol. The lowest BCUT2D eigenvalue weighted by Crippen LogP contribution is -2.25. The number of carbonyl (C=O) groups excluding carboxylic acids is 1. The summed E-state index contributed by atoms with van der Waals surface area (Å²) in [5.74, 6) is 2.24. The Labute approximate surface area is 93.6 Å². The molecule has 3 atom stereocenters. The van der Waals surface area contributed by atoms with Crippen molar-refractivity contribution in [1.29, 1.82) is 0 Å². The van der Waals surface area contributed by atoms with Crippen LogP contribution in [0.25, 0.3) is 0 Å². The monoisotopic (exact) mass is 208 g/mol. The second kappa shape index (κ2) is 3.92. The number of carbonyl (C=O) groups is 1. The molecule has 2 aliphatic carbocycles. The highest BCUT2D eigenvalue weighted by atomic mass is 16.1. The lowest BCUT2D eigenvalue weighted by molar-refractivity contribution is -0.126. The summed E-state index contributed by atoms with van der Waals surface area (Å²) in [5.41, 5.74) is 0.330. The normalized spacial score (nSPS) is 38.7. The molecule has 0 N–H and O–H groups in total. The Balaban J connectivity index is 1.91. The number of hydrogen-bond donors (Lipinski definition) is 0. The highest BCUT2D eigenvalue weighted by Crippen LogP contribution is 2.54. The van der Waals surface area contributed by atoms with Gasteiger partial charge in [-0.05, 0) is 30.6 Å². The zero-order valence-electron chi connectivity index (χ0n) is 10.4. The quantitative estimate of drug-likeness (QED) is 0.689. The molecule has 15 heavy (non-hydrogen) atoms. The van der Waals surface area contributed by atoms with Gasteiger partial charge >= 0.3 is 0 Å². The smallest absolute Gasteiger partial charge is 0.139 e. The summed E-state index contributed by atoms with van der Waals surface area (Å²) in [4.78, 5) is 12.2. The Morgan fingerprint density at radius 3 is 2.53 bits per heavy atom. The van der Waals surface area contributed by atoms with Crippen LogP contribution in [0.2, 0.25) is 0 Å². The van der Waals surface area contributed by atoms with Gasteiger partial charge < -0.3 is 0 Å². The number of rotatable bonds is 3. The molecule has 2 aliphatic rings. The average Bonchev–Trinajstić information content (AvgIpc) is 2.87. The third-order valence-electron chi connectivity index (χ3n) is 4.62. The lowest BCUT2D eigenvalue weighted by atomic mass is 9.77. The molecule has 3 unspecified atom stereocenters. The molecule has 86 valence electrons. The maximum absolute atomic E-state index is 12.2. The molecule has 0 aromatic heterocycles. The fourth-order valence-corrected chi connectivity index (χ4v) is 3.16. The van der Waals surface area contributed by atoms with E-state index in [0.29, 0.717) is 23.0 Å². The Bertz CT molecular complexity index is 254. The van der Waals surface area contributed by atoms with Crippen LogP contribution in [0.1, 0.15) is 59.3 Å². The van der Waals surface area contributed by atoms with E-state index in [1.807, 2.05) is 0 Å². The van der Waals surface area contributed by atoms with Gasteiger partial charge in [-0.25, -0.2) is 0 Å². The van der Waals surface area contributed by atoms with Gasteiger partial charge in [-0.2, -0.15) is 0 Å². The van der Waals surface area contributed by atoms with Crippen LogP contribution in [0.5, 0.6) is 0 Å². The van der Waals surface area contributed by atoms with Gasteiger partial charge in [0.1, 0.15) is 5.78 Å². The highest BCUT2D eigenvalue weighted by Gasteiger charge is 2.51. The van der Waals surface area contributed by atoms with E-state index in [0.717, 1.165) is 12.3 Å². The zero-order valence-corrected chi connectivity index (χ0v) is 10.4. The van der Waals surface area contributed by atoms with E-state index in [4.69, 9.17) is 0 Å². The van der Waals surface area contributed by atoms with E-state index in [-0.39, 0.29) is 0 Å². The number of Topliss-reactive ketones (excluding diaryl/α,β-unsaturated/α-hetero) is 1. The summed E-state index contributed by atoms with van der Waals surface area (Å²) in [6.45, 7) is 6.73. The molecule has 0 aromatic carbocycles. The molecule has 0 heterocycles. The van der Waals surface area contributed by atoms with Gasteiger partial charge in [-0.3, -0.25) is 4.79 Å². The molecule has 0 bridgehead atoms. The Morgan fingerprint density at radius 2 is 2.00 bits per heavy atom. The standard InChI is InChI=1S/C14H24O/c1-4-10-6-5-7-11(8-10)13(15)12-9-14(12,2)3/h10-12H,4-9H2,1-3H3. The summed E-state index contributed by atoms with van der Waals surface area (Å²) >= 11 is 0. The van der Waals surface area contributed by atoms with Crippen molar-refractivity contribution in [3.05, 3.63) is 0 Å². The van der Waals surface area contributed by atoms with Crippen LogP contribution in [0, 0.1) is 23.2 Å². The average molecular weight is 208 g/mol. The molecular formula is C14H24O. The first-order valence-electron chi connectivity index (χ1n) is 6.58. The van der Waals surface area contributed by atoms with Crippen molar-refractivity contribution < 1.29 is 4.79 Å². The molecule has 0 radical (unpaired) electrons. The van der Waals surface area contributed by atoms with Gasteiger partial charge in [0.25, 0.3) is 0 Å². The van der Waals surface area contributed by atoms with Gasteiger partial charge in [0.05, 0.1) is 0 Å². The predicted octanol–water partition coefficient (Wildman–Crippen LogP) is 3.82. The molecule has 0 amide bonds. The minimum atomic E-state index is 0.330. The van der Waals surface area contributed by atoms with Gasteiger partial charge in [0.15, 0.2) is 0 Å². The zero-order chi connectivity index (χ0) is 11.1. The Morgan fingerprint density at radius 1 is 1.33 bits per heavy atom. The maximum atomic E-state index is 12.2. The van der Waals surface area contributed by atoms with Crippen molar-refractivity contribution in [2.24, 2.45) is 23.2 Å². The van der Waals surface area contributed by atoms with E-state index in [1.54, 1.807) is 0 Å². The summed E-state index contributed by atoms with van der Waals surface area (Å²) in [6, 6.07) is 0. The third-order valence-corrected chi connectivity index (χ3v) is 4.62. The second-order valence-corrected chi connectivity index (χ2v) is 6.29. The first-order chi connectivity index (χ1) is 7.04. The van der Waals surface area contributed by atoms with Gasteiger partial charge in [-0.15, -0.1) is 0 Å². The van der Waals surface area contributed by atoms with Crippen LogP contribution < -0.4 is 0 Å². The number of ketones is 1. The SMILES string of the molecule is CCC1CCCC(C(=O)C2CC2(C)C)C1. The van der Waals surface area contributed by atoms with Crippen LogP contribution in [-0.2, 0) is 4.79 Å². The van der Waals surface area contributed by atoms with Crippen LogP contribution >= 0.6 is 0 Å². The van der Waals surface area contributed by atoms with E-state index < -0.39 is 0 Å². The molecule has 0 aromatic rings. The van der Waals surface area contributed by atoms with E-state index in [9.17, 15) is 4.79 Å². The highest BCUT2D eigenvalue weighted by molar-refractivity contribution is 5.86. The molecule has 0 saturated heterocycles. The molecule has 1 nitrogen and oxygen atoms in total. The van der Waals surface area contributed by atoms with Crippen molar-refractivity contribution in [1.82, 2.24) is 0 Å². The van der Waals surface area contributed by atoms with E-state index in [2.05, 4.69) is 20.8 Å². The molecule has 0 spiro atoms. The second-order valence-electron chi connectivity index (χ2n) is 6.29. The Hall–Kier alpha value is -0.330. The molecule has 2 rings (SSSR count). The fourth-order valence-electron chi connectivity index (χ4n) is 3.16. The topological polar surface area (TPSA) is 17.1 Å². The van der Waals surface area contributed by atoms with Crippen LogP contribution in [0.15, 0.2) is 0 Å². The molecular weight excluding hydrogens is 184 g/mol. The minimum Gasteiger partial charge on any atom is -0.299 e. The summed E-state index contributed by atoms with van der Waals surface area (Å²) in [5, 5.41) is 0. The largest absolute Gasteiger partial charge is 0.299 e. The van der Waals surface area contributed by atoms with Crippen LogP contribution in [-0.4, -0.2) is 5.78 Å². The fraction of sp³-hybridized carbons (Fsp3) is 0.929. The van der Waals surface area contributed by atoms with Crippen molar-refractivity contribution in [3.8, 4) is 0 Å². The molecule has 2 saturated carbocycles. The Kier molecular flexibility index (Phi) is 2.92. The van der Waals surface area contributed by atoms with Crippen molar-refractivity contribution in [2.75, 3.05) is 0 Å². The van der Waals surface area contributed by atoms with Crippen molar-refractivity contribution in [3.63, 3.8) is 0 Å².